The Bertz CT molecular complexity index is 629. The standard InChI is InChI=1S/C15H16N4S/c1-12(15-16-8-10-20-15)17-11-13-3-5-14(6-4-13)19-9-2-7-18-19/h2-10,12,17H,11H2,1H3. The van der Waals surface area contributed by atoms with Crippen molar-refractivity contribution in [3.05, 3.63) is 64.9 Å². The highest BCUT2D eigenvalue weighted by atomic mass is 32.1. The van der Waals surface area contributed by atoms with Gasteiger partial charge >= 0.3 is 0 Å². The van der Waals surface area contributed by atoms with Gasteiger partial charge in [0.05, 0.1) is 11.7 Å². The minimum absolute atomic E-state index is 0.279. The number of aromatic nitrogens is 3. The summed E-state index contributed by atoms with van der Waals surface area (Å²) in [5, 5.41) is 10.8. The summed E-state index contributed by atoms with van der Waals surface area (Å²) in [5.41, 5.74) is 2.33. The van der Waals surface area contributed by atoms with Crippen LogP contribution in [-0.4, -0.2) is 14.8 Å². The van der Waals surface area contributed by atoms with Crippen LogP contribution < -0.4 is 5.32 Å². The second kappa shape index (κ2) is 5.98. The Morgan fingerprint density at radius 1 is 1.25 bits per heavy atom. The minimum atomic E-state index is 0.279. The van der Waals surface area contributed by atoms with Crippen molar-refractivity contribution in [2.45, 2.75) is 19.5 Å². The van der Waals surface area contributed by atoms with Crippen molar-refractivity contribution < 1.29 is 0 Å². The van der Waals surface area contributed by atoms with Gasteiger partial charge in [0.15, 0.2) is 0 Å². The van der Waals surface area contributed by atoms with Gasteiger partial charge in [-0.1, -0.05) is 12.1 Å². The Balaban J connectivity index is 1.61. The lowest BCUT2D eigenvalue weighted by Gasteiger charge is -2.11. The second-order valence-electron chi connectivity index (χ2n) is 4.59. The average molecular weight is 284 g/mol. The van der Waals surface area contributed by atoms with Gasteiger partial charge in [-0.25, -0.2) is 9.67 Å². The van der Waals surface area contributed by atoms with Gasteiger partial charge in [0.1, 0.15) is 5.01 Å². The van der Waals surface area contributed by atoms with Crippen LogP contribution in [0.2, 0.25) is 0 Å². The van der Waals surface area contributed by atoms with E-state index in [0.29, 0.717) is 0 Å². The summed E-state index contributed by atoms with van der Waals surface area (Å²) >= 11 is 1.68. The molecule has 3 aromatic rings. The number of hydrogen-bond acceptors (Lipinski definition) is 4. The minimum Gasteiger partial charge on any atom is -0.304 e. The quantitative estimate of drug-likeness (QED) is 0.782. The van der Waals surface area contributed by atoms with E-state index >= 15 is 0 Å². The van der Waals surface area contributed by atoms with Crippen molar-refractivity contribution in [3.63, 3.8) is 0 Å². The fourth-order valence-electron chi connectivity index (χ4n) is 1.99. The first kappa shape index (κ1) is 13.0. The Hall–Kier alpha value is -1.98. The van der Waals surface area contributed by atoms with Crippen LogP contribution >= 0.6 is 11.3 Å². The number of nitrogens with zero attached hydrogens (tertiary/aromatic N) is 3. The SMILES string of the molecule is CC(NCc1ccc(-n2cccn2)cc1)c1nccs1. The highest BCUT2D eigenvalue weighted by molar-refractivity contribution is 7.09. The van der Waals surface area contributed by atoms with E-state index in [1.807, 2.05) is 28.5 Å². The number of hydrogen-bond donors (Lipinski definition) is 1. The smallest absolute Gasteiger partial charge is 0.109 e. The lowest BCUT2D eigenvalue weighted by Crippen LogP contribution is -2.17. The van der Waals surface area contributed by atoms with E-state index < -0.39 is 0 Å². The van der Waals surface area contributed by atoms with Crippen LogP contribution in [0.25, 0.3) is 5.69 Å². The topological polar surface area (TPSA) is 42.7 Å². The van der Waals surface area contributed by atoms with Gasteiger partial charge in [0.25, 0.3) is 0 Å². The lowest BCUT2D eigenvalue weighted by atomic mass is 10.2. The van der Waals surface area contributed by atoms with E-state index in [9.17, 15) is 0 Å². The van der Waals surface area contributed by atoms with Crippen LogP contribution in [0.3, 0.4) is 0 Å². The molecule has 0 radical (unpaired) electrons. The van der Waals surface area contributed by atoms with Crippen molar-refractivity contribution in [2.24, 2.45) is 0 Å². The van der Waals surface area contributed by atoms with Crippen LogP contribution in [0.5, 0.6) is 0 Å². The molecule has 20 heavy (non-hydrogen) atoms. The van der Waals surface area contributed by atoms with Crippen molar-refractivity contribution in [3.8, 4) is 5.69 Å². The van der Waals surface area contributed by atoms with Gasteiger partial charge in [-0.2, -0.15) is 5.10 Å². The third-order valence-corrected chi connectivity index (χ3v) is 4.10. The van der Waals surface area contributed by atoms with Gasteiger partial charge in [-0.15, -0.1) is 11.3 Å². The lowest BCUT2D eigenvalue weighted by molar-refractivity contribution is 0.572. The zero-order valence-electron chi connectivity index (χ0n) is 11.2. The maximum absolute atomic E-state index is 4.32. The molecule has 0 saturated heterocycles. The Morgan fingerprint density at radius 2 is 2.10 bits per heavy atom. The van der Waals surface area contributed by atoms with Crippen LogP contribution in [0.1, 0.15) is 23.5 Å². The van der Waals surface area contributed by atoms with Crippen molar-refractivity contribution >= 4 is 11.3 Å². The average Bonchev–Trinajstić information content (AvgIpc) is 3.18. The molecule has 2 heterocycles. The molecule has 0 amide bonds. The molecule has 0 aliphatic rings. The summed E-state index contributed by atoms with van der Waals surface area (Å²) in [6, 6.07) is 10.6. The summed E-state index contributed by atoms with van der Waals surface area (Å²) in [4.78, 5) is 4.32. The van der Waals surface area contributed by atoms with E-state index in [0.717, 1.165) is 17.2 Å². The monoisotopic (exact) mass is 284 g/mol. The molecule has 1 N–H and O–H groups in total. The maximum Gasteiger partial charge on any atom is 0.109 e. The van der Waals surface area contributed by atoms with Gasteiger partial charge in [0, 0.05) is 30.5 Å². The van der Waals surface area contributed by atoms with E-state index in [2.05, 4.69) is 46.6 Å². The molecule has 1 atom stereocenters. The Labute approximate surface area is 122 Å². The zero-order chi connectivity index (χ0) is 13.8. The van der Waals surface area contributed by atoms with Crippen LogP contribution in [0.15, 0.2) is 54.3 Å². The highest BCUT2D eigenvalue weighted by Crippen LogP contribution is 2.16. The molecule has 0 spiro atoms. The molecule has 3 rings (SSSR count). The van der Waals surface area contributed by atoms with Crippen LogP contribution in [-0.2, 0) is 6.54 Å². The largest absolute Gasteiger partial charge is 0.304 e. The van der Waals surface area contributed by atoms with Gasteiger partial charge < -0.3 is 5.32 Å². The van der Waals surface area contributed by atoms with Gasteiger partial charge in [0.2, 0.25) is 0 Å². The summed E-state index contributed by atoms with van der Waals surface area (Å²) in [5.74, 6) is 0. The predicted molar refractivity (Wildman–Crippen MR) is 80.9 cm³/mol. The molecule has 102 valence electrons. The maximum atomic E-state index is 4.32. The molecule has 0 aliphatic heterocycles. The third-order valence-electron chi connectivity index (χ3n) is 3.14. The molecule has 0 bridgehead atoms. The number of benzene rings is 1. The molecule has 0 fully saturated rings. The first-order valence-electron chi connectivity index (χ1n) is 6.54. The first-order valence-corrected chi connectivity index (χ1v) is 7.42. The molecule has 1 unspecified atom stereocenters. The summed E-state index contributed by atoms with van der Waals surface area (Å²) < 4.78 is 1.86. The zero-order valence-corrected chi connectivity index (χ0v) is 12.0. The fraction of sp³-hybridized carbons (Fsp3) is 0.200. The van der Waals surface area contributed by atoms with Crippen molar-refractivity contribution in [1.29, 1.82) is 0 Å². The van der Waals surface area contributed by atoms with E-state index in [1.54, 1.807) is 17.5 Å². The highest BCUT2D eigenvalue weighted by Gasteiger charge is 2.07. The van der Waals surface area contributed by atoms with E-state index in [4.69, 9.17) is 0 Å². The second-order valence-corrected chi connectivity index (χ2v) is 5.52. The van der Waals surface area contributed by atoms with Crippen LogP contribution in [0, 0.1) is 0 Å². The molecule has 1 aromatic carbocycles. The van der Waals surface area contributed by atoms with Gasteiger partial charge in [-0.05, 0) is 30.7 Å². The summed E-state index contributed by atoms with van der Waals surface area (Å²) in [6.45, 7) is 2.97. The normalized spacial score (nSPS) is 12.4. The summed E-state index contributed by atoms with van der Waals surface area (Å²) in [7, 11) is 0. The molecule has 0 aliphatic carbocycles. The molecule has 2 aromatic heterocycles. The van der Waals surface area contributed by atoms with E-state index in [1.165, 1.54) is 5.56 Å². The third kappa shape index (κ3) is 2.95. The fourth-order valence-corrected chi connectivity index (χ4v) is 2.66. The van der Waals surface area contributed by atoms with Crippen LogP contribution in [0.4, 0.5) is 0 Å². The Morgan fingerprint density at radius 3 is 2.75 bits per heavy atom. The van der Waals surface area contributed by atoms with Crippen molar-refractivity contribution in [1.82, 2.24) is 20.1 Å². The summed E-state index contributed by atoms with van der Waals surface area (Å²) in [6.07, 6.45) is 5.57. The number of nitrogens with one attached hydrogen (secondary N) is 1. The molecular weight excluding hydrogens is 268 g/mol. The van der Waals surface area contributed by atoms with E-state index in [-0.39, 0.29) is 6.04 Å². The molecule has 4 nitrogen and oxygen atoms in total. The molecule has 0 saturated carbocycles. The molecule has 5 heteroatoms. The molecular formula is C15H16N4S. The number of thiazole rings is 1. The first-order chi connectivity index (χ1) is 9.83. The Kier molecular flexibility index (Phi) is 3.90. The predicted octanol–water partition coefficient (Wildman–Crippen LogP) is 3.18. The van der Waals surface area contributed by atoms with Crippen molar-refractivity contribution in [2.75, 3.05) is 0 Å². The number of rotatable bonds is 5. The van der Waals surface area contributed by atoms with Gasteiger partial charge in [-0.3, -0.25) is 0 Å².